The predicted octanol–water partition coefficient (Wildman–Crippen LogP) is 0.701. The number of carbonyl (C=O) groups is 4. The highest BCUT2D eigenvalue weighted by atomic mass is 16.4. The van der Waals surface area contributed by atoms with Crippen molar-refractivity contribution in [3.63, 3.8) is 0 Å². The van der Waals surface area contributed by atoms with Crippen LogP contribution in [-0.2, 0) is 32.0 Å². The van der Waals surface area contributed by atoms with Crippen molar-refractivity contribution in [2.75, 3.05) is 0 Å². The van der Waals surface area contributed by atoms with Gasteiger partial charge in [0, 0.05) is 40.6 Å². The molecule has 12 nitrogen and oxygen atoms in total. The minimum atomic E-state index is -1.58. The third-order valence-electron chi connectivity index (χ3n) is 6.98. The molecule has 0 radical (unpaired) electrons. The number of aromatic nitrogens is 2. The lowest BCUT2D eigenvalue weighted by Crippen LogP contribution is -2.58. The fraction of sp³-hybridized carbons (Fsp3) is 0.310. The molecular weight excluding hydrogens is 528 g/mol. The van der Waals surface area contributed by atoms with Crippen LogP contribution in [0.5, 0.6) is 0 Å². The van der Waals surface area contributed by atoms with Crippen molar-refractivity contribution in [2.24, 2.45) is 5.73 Å². The Morgan fingerprint density at radius 1 is 0.780 bits per heavy atom. The summed E-state index contributed by atoms with van der Waals surface area (Å²) in [7, 11) is 0. The first-order valence-corrected chi connectivity index (χ1v) is 13.2. The minimum absolute atomic E-state index is 0.0223. The Balaban J connectivity index is 1.45. The molecule has 216 valence electrons. The van der Waals surface area contributed by atoms with Gasteiger partial charge in [-0.2, -0.15) is 0 Å². The van der Waals surface area contributed by atoms with E-state index in [4.69, 9.17) is 5.73 Å². The Morgan fingerprint density at radius 2 is 1.32 bits per heavy atom. The van der Waals surface area contributed by atoms with Crippen LogP contribution in [0, 0.1) is 0 Å². The molecule has 0 aliphatic heterocycles. The number of aliphatic hydroxyl groups is 1. The minimum Gasteiger partial charge on any atom is -0.480 e. The number of carboxylic acids is 1. The molecule has 5 unspecified atom stereocenters. The fourth-order valence-corrected chi connectivity index (χ4v) is 4.69. The number of nitrogens with two attached hydrogens (primary N) is 1. The first-order valence-electron chi connectivity index (χ1n) is 13.2. The maximum absolute atomic E-state index is 13.2. The number of benzene rings is 2. The molecule has 2 aromatic carbocycles. The van der Waals surface area contributed by atoms with Crippen LogP contribution in [0.15, 0.2) is 60.9 Å². The van der Waals surface area contributed by atoms with Crippen LogP contribution in [0.4, 0.5) is 0 Å². The quantitative estimate of drug-likeness (QED) is 0.124. The fourth-order valence-electron chi connectivity index (χ4n) is 4.69. The number of aliphatic hydroxyl groups excluding tert-OH is 1. The summed E-state index contributed by atoms with van der Waals surface area (Å²) in [5.74, 6) is -3.43. The number of H-pyrrole nitrogens is 2. The van der Waals surface area contributed by atoms with Gasteiger partial charge in [0.2, 0.25) is 17.7 Å². The van der Waals surface area contributed by atoms with E-state index in [-0.39, 0.29) is 12.8 Å². The van der Waals surface area contributed by atoms with Crippen LogP contribution in [-0.4, -0.2) is 74.1 Å². The predicted molar refractivity (Wildman–Crippen MR) is 153 cm³/mol. The molecule has 4 aromatic rings. The molecule has 3 amide bonds. The SMILES string of the molecule is CC(NC(=O)C(N)Cc1c[nH]c2ccccc12)C(=O)NC(Cc1c[nH]c2ccccc12)C(=O)NC(C(=O)O)C(C)O. The monoisotopic (exact) mass is 562 g/mol. The highest BCUT2D eigenvalue weighted by Crippen LogP contribution is 2.20. The molecule has 9 N–H and O–H groups in total. The van der Waals surface area contributed by atoms with Gasteiger partial charge in [-0.1, -0.05) is 36.4 Å². The van der Waals surface area contributed by atoms with Crippen LogP contribution in [0.25, 0.3) is 21.8 Å². The molecule has 0 fully saturated rings. The smallest absolute Gasteiger partial charge is 0.328 e. The number of aliphatic carboxylic acids is 1. The zero-order valence-electron chi connectivity index (χ0n) is 22.7. The second-order valence-corrected chi connectivity index (χ2v) is 10.1. The van der Waals surface area contributed by atoms with E-state index < -0.39 is 54.0 Å². The van der Waals surface area contributed by atoms with E-state index in [0.717, 1.165) is 27.4 Å². The van der Waals surface area contributed by atoms with Gasteiger partial charge in [-0.3, -0.25) is 14.4 Å². The lowest BCUT2D eigenvalue weighted by Gasteiger charge is -2.24. The van der Waals surface area contributed by atoms with Crippen molar-refractivity contribution in [1.29, 1.82) is 0 Å². The van der Waals surface area contributed by atoms with Crippen molar-refractivity contribution in [3.8, 4) is 0 Å². The Morgan fingerprint density at radius 3 is 1.85 bits per heavy atom. The summed E-state index contributed by atoms with van der Waals surface area (Å²) >= 11 is 0. The Kier molecular flexibility index (Phi) is 9.05. The molecule has 41 heavy (non-hydrogen) atoms. The first-order chi connectivity index (χ1) is 19.5. The Hall–Kier alpha value is -4.68. The number of hydrogen-bond acceptors (Lipinski definition) is 6. The number of nitrogens with one attached hydrogen (secondary N) is 5. The molecule has 0 spiro atoms. The van der Waals surface area contributed by atoms with Crippen LogP contribution >= 0.6 is 0 Å². The zero-order chi connectivity index (χ0) is 29.7. The highest BCUT2D eigenvalue weighted by Gasteiger charge is 2.31. The van der Waals surface area contributed by atoms with Crippen LogP contribution in [0.1, 0.15) is 25.0 Å². The van der Waals surface area contributed by atoms with Gasteiger partial charge < -0.3 is 41.9 Å². The van der Waals surface area contributed by atoms with Crippen molar-refractivity contribution in [3.05, 3.63) is 72.1 Å². The summed E-state index contributed by atoms with van der Waals surface area (Å²) in [6, 6.07) is 10.2. The van der Waals surface area contributed by atoms with Gasteiger partial charge in [0.25, 0.3) is 0 Å². The van der Waals surface area contributed by atoms with Gasteiger partial charge in [-0.15, -0.1) is 0 Å². The van der Waals surface area contributed by atoms with E-state index in [9.17, 15) is 29.4 Å². The molecule has 0 aliphatic carbocycles. The number of carboxylic acid groups (broad SMARTS) is 1. The van der Waals surface area contributed by atoms with Gasteiger partial charge >= 0.3 is 5.97 Å². The van der Waals surface area contributed by atoms with Gasteiger partial charge in [-0.25, -0.2) is 4.79 Å². The van der Waals surface area contributed by atoms with E-state index in [1.165, 1.54) is 13.8 Å². The number of amides is 3. The lowest BCUT2D eigenvalue weighted by molar-refractivity contribution is -0.145. The molecule has 5 atom stereocenters. The summed E-state index contributed by atoms with van der Waals surface area (Å²) in [5.41, 5.74) is 9.46. The van der Waals surface area contributed by atoms with Gasteiger partial charge in [0.05, 0.1) is 12.1 Å². The maximum Gasteiger partial charge on any atom is 0.328 e. The zero-order valence-corrected chi connectivity index (χ0v) is 22.7. The molecule has 0 aliphatic rings. The largest absolute Gasteiger partial charge is 0.480 e. The van der Waals surface area contributed by atoms with Crippen LogP contribution in [0.2, 0.25) is 0 Å². The third-order valence-corrected chi connectivity index (χ3v) is 6.98. The summed E-state index contributed by atoms with van der Waals surface area (Å²) in [5, 5.41) is 28.5. The summed E-state index contributed by atoms with van der Waals surface area (Å²) in [6.07, 6.45) is 2.38. The number of carbonyl (C=O) groups excluding carboxylic acids is 3. The van der Waals surface area contributed by atoms with Gasteiger partial charge in [0.15, 0.2) is 6.04 Å². The van der Waals surface area contributed by atoms with E-state index >= 15 is 0 Å². The summed E-state index contributed by atoms with van der Waals surface area (Å²) in [6.45, 7) is 2.70. The lowest BCUT2D eigenvalue weighted by atomic mass is 10.0. The van der Waals surface area contributed by atoms with Crippen molar-refractivity contribution < 1.29 is 29.4 Å². The van der Waals surface area contributed by atoms with E-state index in [1.807, 2.05) is 48.5 Å². The Bertz CT molecular complexity index is 1560. The average Bonchev–Trinajstić information content (AvgIpc) is 3.54. The van der Waals surface area contributed by atoms with Crippen molar-refractivity contribution >= 4 is 45.5 Å². The third kappa shape index (κ3) is 6.91. The summed E-state index contributed by atoms with van der Waals surface area (Å²) < 4.78 is 0. The van der Waals surface area contributed by atoms with Crippen LogP contribution < -0.4 is 21.7 Å². The topological polar surface area (TPSA) is 202 Å². The normalized spacial score (nSPS) is 15.0. The summed E-state index contributed by atoms with van der Waals surface area (Å²) in [4.78, 5) is 56.9. The maximum atomic E-state index is 13.2. The molecular formula is C29H34N6O6. The number of aromatic amines is 2. The highest BCUT2D eigenvalue weighted by molar-refractivity contribution is 5.95. The van der Waals surface area contributed by atoms with Crippen molar-refractivity contribution in [2.45, 2.75) is 57.0 Å². The molecule has 0 bridgehead atoms. The number of rotatable bonds is 12. The van der Waals surface area contributed by atoms with Crippen LogP contribution in [0.3, 0.4) is 0 Å². The van der Waals surface area contributed by atoms with E-state index in [0.29, 0.717) is 5.56 Å². The second kappa shape index (κ2) is 12.7. The second-order valence-electron chi connectivity index (χ2n) is 10.1. The number of para-hydroxylation sites is 2. The van der Waals surface area contributed by atoms with Crippen molar-refractivity contribution in [1.82, 2.24) is 25.9 Å². The molecule has 4 rings (SSSR count). The van der Waals surface area contributed by atoms with E-state index in [1.54, 1.807) is 12.4 Å². The average molecular weight is 563 g/mol. The molecule has 2 heterocycles. The number of fused-ring (bicyclic) bond motifs is 2. The van der Waals surface area contributed by atoms with Gasteiger partial charge in [-0.05, 0) is 43.5 Å². The molecule has 0 saturated carbocycles. The molecule has 2 aromatic heterocycles. The molecule has 12 heteroatoms. The number of hydrogen-bond donors (Lipinski definition) is 8. The standard InChI is InChI=1S/C29H34N6O6/c1-15(33-27(38)21(30)11-17-13-31-22-9-5-3-7-19(17)22)26(37)34-24(28(39)35-25(16(2)36)29(40)41)12-18-14-32-23-10-6-4-8-20(18)23/h3-10,13-16,21,24-25,31-32,36H,11-12,30H2,1-2H3,(H,33,38)(H,34,37)(H,35,39)(H,40,41). The van der Waals surface area contributed by atoms with E-state index in [2.05, 4.69) is 25.9 Å². The Labute approximate surface area is 235 Å². The first kappa shape index (κ1) is 29.3. The van der Waals surface area contributed by atoms with Gasteiger partial charge in [0.1, 0.15) is 12.1 Å². The molecule has 0 saturated heterocycles.